The summed E-state index contributed by atoms with van der Waals surface area (Å²) in [5.74, 6) is -0.364. The average molecular weight is 264 g/mol. The molecule has 0 aliphatic heterocycles. The number of Topliss-reactive ketones (excluding diaryl/α,β-unsaturated/α-hetero) is 1. The van der Waals surface area contributed by atoms with Crippen LogP contribution in [0.4, 0.5) is 4.39 Å². The first kappa shape index (κ1) is 15.4. The molecule has 0 bridgehead atoms. The maximum atomic E-state index is 13.7. The van der Waals surface area contributed by atoms with Gasteiger partial charge in [-0.05, 0) is 30.2 Å². The first-order valence-corrected chi connectivity index (χ1v) is 6.71. The van der Waals surface area contributed by atoms with E-state index in [-0.39, 0.29) is 0 Å². The van der Waals surface area contributed by atoms with Crippen molar-refractivity contribution in [3.63, 3.8) is 0 Å². The molecule has 3 heteroatoms. The second-order valence-corrected chi connectivity index (χ2v) is 4.50. The van der Waals surface area contributed by atoms with Crippen molar-refractivity contribution in [1.82, 2.24) is 0 Å². The van der Waals surface area contributed by atoms with Gasteiger partial charge in [-0.2, -0.15) is 0 Å². The molecule has 19 heavy (non-hydrogen) atoms. The van der Waals surface area contributed by atoms with Gasteiger partial charge in [0.05, 0.1) is 7.11 Å². The van der Waals surface area contributed by atoms with E-state index < -0.39 is 11.6 Å². The number of benzene rings is 1. The van der Waals surface area contributed by atoms with Gasteiger partial charge >= 0.3 is 0 Å². The second kappa shape index (κ2) is 8.46. The number of ketones is 1. The lowest BCUT2D eigenvalue weighted by Crippen LogP contribution is -1.98. The monoisotopic (exact) mass is 264 g/mol. The summed E-state index contributed by atoms with van der Waals surface area (Å²) >= 11 is 0. The number of ether oxygens (including phenoxy) is 1. The quantitative estimate of drug-likeness (QED) is 0.509. The number of hydrogen-bond acceptors (Lipinski definition) is 2. The molecular weight excluding hydrogens is 243 g/mol. The first-order valence-electron chi connectivity index (χ1n) is 6.71. The van der Waals surface area contributed by atoms with E-state index in [0.29, 0.717) is 17.7 Å². The number of halogens is 1. The number of hydrogen-bond donors (Lipinski definition) is 0. The zero-order valence-electron chi connectivity index (χ0n) is 11.6. The molecule has 0 amide bonds. The van der Waals surface area contributed by atoms with Crippen molar-refractivity contribution in [2.24, 2.45) is 0 Å². The summed E-state index contributed by atoms with van der Waals surface area (Å²) < 4.78 is 18.7. The van der Waals surface area contributed by atoms with Crippen LogP contribution in [0.15, 0.2) is 30.1 Å². The topological polar surface area (TPSA) is 26.3 Å². The Hall–Kier alpha value is -1.64. The lowest BCUT2D eigenvalue weighted by Gasteiger charge is -2.01. The van der Waals surface area contributed by atoms with E-state index in [4.69, 9.17) is 4.74 Å². The van der Waals surface area contributed by atoms with Crippen molar-refractivity contribution >= 4 is 11.9 Å². The van der Waals surface area contributed by atoms with Crippen LogP contribution in [-0.4, -0.2) is 12.9 Å². The molecule has 0 saturated carbocycles. The van der Waals surface area contributed by atoms with Crippen molar-refractivity contribution in [2.45, 2.75) is 39.0 Å². The highest BCUT2D eigenvalue weighted by molar-refractivity contribution is 5.97. The Morgan fingerprint density at radius 2 is 1.89 bits per heavy atom. The lowest BCUT2D eigenvalue weighted by molar-refractivity contribution is -0.116. The van der Waals surface area contributed by atoms with E-state index in [1.54, 1.807) is 31.4 Å². The molecular formula is C16H21FO2. The Bertz CT molecular complexity index is 421. The van der Waals surface area contributed by atoms with Gasteiger partial charge in [0.15, 0.2) is 11.6 Å². The number of allylic oxidation sites excluding steroid dienone is 1. The molecule has 0 aliphatic rings. The molecule has 0 saturated heterocycles. The number of methoxy groups -OCH3 is 1. The molecule has 0 aliphatic carbocycles. The van der Waals surface area contributed by atoms with Gasteiger partial charge in [0.2, 0.25) is 0 Å². The predicted molar refractivity (Wildman–Crippen MR) is 75.8 cm³/mol. The maximum Gasteiger partial charge on any atom is 0.191 e. The van der Waals surface area contributed by atoms with Gasteiger partial charge < -0.3 is 4.74 Å². The molecule has 1 aromatic rings. The highest BCUT2D eigenvalue weighted by Crippen LogP contribution is 2.16. The Balaban J connectivity index is 2.52. The molecule has 104 valence electrons. The van der Waals surface area contributed by atoms with E-state index >= 15 is 0 Å². The van der Waals surface area contributed by atoms with Crippen molar-refractivity contribution in [3.8, 4) is 5.75 Å². The van der Waals surface area contributed by atoms with Crippen LogP contribution in [0.5, 0.6) is 5.75 Å². The van der Waals surface area contributed by atoms with Crippen LogP contribution in [-0.2, 0) is 4.79 Å². The van der Waals surface area contributed by atoms with E-state index in [2.05, 4.69) is 6.92 Å². The minimum atomic E-state index is -0.665. The smallest absolute Gasteiger partial charge is 0.191 e. The predicted octanol–water partition coefficient (Wildman–Crippen LogP) is 4.55. The summed E-state index contributed by atoms with van der Waals surface area (Å²) in [7, 11) is 1.57. The van der Waals surface area contributed by atoms with Crippen LogP contribution in [0.2, 0.25) is 0 Å². The van der Waals surface area contributed by atoms with Crippen LogP contribution in [0.3, 0.4) is 0 Å². The van der Waals surface area contributed by atoms with Gasteiger partial charge in [-0.3, -0.25) is 4.79 Å². The third-order valence-electron chi connectivity index (χ3n) is 2.93. The Kier molecular flexibility index (Phi) is 6.86. The molecule has 0 fully saturated rings. The molecule has 0 aromatic heterocycles. The highest BCUT2D eigenvalue weighted by atomic mass is 19.1. The molecule has 1 aromatic carbocycles. The Morgan fingerprint density at radius 1 is 1.21 bits per heavy atom. The van der Waals surface area contributed by atoms with Crippen molar-refractivity contribution in [1.29, 1.82) is 0 Å². The van der Waals surface area contributed by atoms with Gasteiger partial charge in [-0.1, -0.05) is 38.3 Å². The van der Waals surface area contributed by atoms with E-state index in [9.17, 15) is 9.18 Å². The van der Waals surface area contributed by atoms with Gasteiger partial charge in [0.1, 0.15) is 5.75 Å². The van der Waals surface area contributed by atoms with Gasteiger partial charge in [0, 0.05) is 6.42 Å². The van der Waals surface area contributed by atoms with Gasteiger partial charge in [-0.25, -0.2) is 4.39 Å². The van der Waals surface area contributed by atoms with Crippen molar-refractivity contribution in [2.75, 3.05) is 7.11 Å². The second-order valence-electron chi connectivity index (χ2n) is 4.50. The molecule has 2 nitrogen and oxygen atoms in total. The Morgan fingerprint density at radius 3 is 2.47 bits per heavy atom. The van der Waals surface area contributed by atoms with E-state index in [1.807, 2.05) is 0 Å². The standard InChI is InChI=1S/C16H21FO2/c1-3-4-5-6-7-16(18)15(17)12-13-8-10-14(19-2)11-9-13/h8-12H,3-7H2,1-2H3/b15-12+. The van der Waals surface area contributed by atoms with Crippen LogP contribution in [0, 0.1) is 0 Å². The molecule has 0 spiro atoms. The molecule has 0 unspecified atom stereocenters. The van der Waals surface area contributed by atoms with Gasteiger partial charge in [-0.15, -0.1) is 0 Å². The minimum Gasteiger partial charge on any atom is -0.497 e. The lowest BCUT2D eigenvalue weighted by atomic mass is 10.1. The summed E-state index contributed by atoms with van der Waals surface area (Å²) in [6.07, 6.45) is 5.52. The van der Waals surface area contributed by atoms with Crippen molar-refractivity contribution < 1.29 is 13.9 Å². The van der Waals surface area contributed by atoms with E-state index in [1.165, 1.54) is 6.08 Å². The van der Waals surface area contributed by atoms with Gasteiger partial charge in [0.25, 0.3) is 0 Å². The maximum absolute atomic E-state index is 13.7. The highest BCUT2D eigenvalue weighted by Gasteiger charge is 2.08. The number of rotatable bonds is 8. The van der Waals surface area contributed by atoms with E-state index in [0.717, 1.165) is 25.7 Å². The Labute approximate surface area is 114 Å². The molecule has 0 N–H and O–H groups in total. The average Bonchev–Trinajstić information content (AvgIpc) is 2.44. The fourth-order valence-corrected chi connectivity index (χ4v) is 1.76. The number of unbranched alkanes of at least 4 members (excludes halogenated alkanes) is 3. The largest absolute Gasteiger partial charge is 0.497 e. The minimum absolute atomic E-state index is 0.290. The summed E-state index contributed by atoms with van der Waals surface area (Å²) in [5, 5.41) is 0. The molecule has 0 heterocycles. The summed E-state index contributed by atoms with van der Waals surface area (Å²) in [4.78, 5) is 11.6. The summed E-state index contributed by atoms with van der Waals surface area (Å²) in [5.41, 5.74) is 0.667. The fraction of sp³-hybridized carbons (Fsp3) is 0.438. The van der Waals surface area contributed by atoms with Crippen molar-refractivity contribution in [3.05, 3.63) is 35.7 Å². The van der Waals surface area contributed by atoms with Crippen LogP contribution in [0.1, 0.15) is 44.6 Å². The zero-order valence-corrected chi connectivity index (χ0v) is 11.6. The van der Waals surface area contributed by atoms with Crippen LogP contribution in [0.25, 0.3) is 6.08 Å². The summed E-state index contributed by atoms with van der Waals surface area (Å²) in [6.45, 7) is 2.10. The van der Waals surface area contributed by atoms with Crippen LogP contribution < -0.4 is 4.74 Å². The molecule has 1 rings (SSSR count). The SMILES string of the molecule is CCCCCCC(=O)/C(F)=C\c1ccc(OC)cc1. The first-order chi connectivity index (χ1) is 9.17. The summed E-state index contributed by atoms with van der Waals surface area (Å²) in [6, 6.07) is 6.93. The third-order valence-corrected chi connectivity index (χ3v) is 2.93. The zero-order chi connectivity index (χ0) is 14.1. The molecule has 0 atom stereocenters. The molecule has 0 radical (unpaired) electrons. The number of carbonyl (C=O) groups is 1. The normalized spacial score (nSPS) is 11.4. The van der Waals surface area contributed by atoms with Crippen LogP contribution >= 0.6 is 0 Å². The number of carbonyl (C=O) groups excluding carboxylic acids is 1. The fourth-order valence-electron chi connectivity index (χ4n) is 1.76. The third kappa shape index (κ3) is 5.69.